The van der Waals surface area contributed by atoms with Gasteiger partial charge in [0, 0.05) is 25.7 Å². The minimum atomic E-state index is -0.226. The number of benzene rings is 1. The zero-order chi connectivity index (χ0) is 21.1. The molecule has 1 aliphatic rings. The summed E-state index contributed by atoms with van der Waals surface area (Å²) in [5, 5.41) is 6.75. The third kappa shape index (κ3) is 8.85. The Balaban J connectivity index is 0.00000450. The molecule has 0 saturated carbocycles. The highest BCUT2D eigenvalue weighted by Crippen LogP contribution is 2.18. The molecule has 0 aliphatic carbocycles. The van der Waals surface area contributed by atoms with E-state index in [1.54, 1.807) is 12.0 Å². The van der Waals surface area contributed by atoms with Crippen molar-refractivity contribution in [1.82, 2.24) is 15.5 Å². The zero-order valence-electron chi connectivity index (χ0n) is 18.3. The molecule has 30 heavy (non-hydrogen) atoms. The lowest BCUT2D eigenvalue weighted by atomic mass is 10.1. The number of guanidine groups is 1. The lowest BCUT2D eigenvalue weighted by Gasteiger charge is -2.32. The van der Waals surface area contributed by atoms with Crippen LogP contribution < -0.4 is 20.1 Å². The summed E-state index contributed by atoms with van der Waals surface area (Å²) in [6.07, 6.45) is 1.43. The number of carbonyl (C=O) groups excluding carboxylic acids is 1. The van der Waals surface area contributed by atoms with Gasteiger partial charge in [-0.15, -0.1) is 24.0 Å². The van der Waals surface area contributed by atoms with Crippen molar-refractivity contribution in [3.05, 3.63) is 24.3 Å². The molecule has 2 N–H and O–H groups in total. The number of carbonyl (C=O) groups is 1. The highest BCUT2D eigenvalue weighted by atomic mass is 127. The van der Waals surface area contributed by atoms with Gasteiger partial charge < -0.3 is 29.7 Å². The van der Waals surface area contributed by atoms with Crippen LogP contribution in [0.4, 0.5) is 4.79 Å². The Kier molecular flexibility index (Phi) is 12.3. The summed E-state index contributed by atoms with van der Waals surface area (Å²) in [6, 6.07) is 7.80. The maximum Gasteiger partial charge on any atom is 0.409 e. The first-order valence-corrected chi connectivity index (χ1v) is 10.3. The van der Waals surface area contributed by atoms with E-state index in [-0.39, 0.29) is 42.2 Å². The van der Waals surface area contributed by atoms with Crippen LogP contribution in [0, 0.1) is 0 Å². The highest BCUT2D eigenvalue weighted by Gasteiger charge is 2.24. The second-order valence-electron chi connectivity index (χ2n) is 6.93. The minimum absolute atomic E-state index is 0. The van der Waals surface area contributed by atoms with Gasteiger partial charge in [0.1, 0.15) is 17.6 Å². The molecule has 0 aromatic heterocycles. The van der Waals surface area contributed by atoms with Crippen LogP contribution in [0.1, 0.15) is 33.6 Å². The van der Waals surface area contributed by atoms with E-state index in [0.717, 1.165) is 36.8 Å². The van der Waals surface area contributed by atoms with Crippen molar-refractivity contribution in [2.24, 2.45) is 4.99 Å². The van der Waals surface area contributed by atoms with Gasteiger partial charge in [0.05, 0.1) is 20.3 Å². The number of aliphatic imine (C=N–C) groups is 1. The van der Waals surface area contributed by atoms with Crippen molar-refractivity contribution in [2.45, 2.75) is 45.8 Å². The average molecular weight is 534 g/mol. The molecule has 0 spiro atoms. The largest absolute Gasteiger partial charge is 0.497 e. The second-order valence-corrected chi connectivity index (χ2v) is 6.93. The Bertz CT molecular complexity index is 649. The van der Waals surface area contributed by atoms with E-state index in [4.69, 9.17) is 14.2 Å². The predicted molar refractivity (Wildman–Crippen MR) is 129 cm³/mol. The first kappa shape index (κ1) is 26.1. The van der Waals surface area contributed by atoms with Crippen LogP contribution >= 0.6 is 24.0 Å². The monoisotopic (exact) mass is 534 g/mol. The van der Waals surface area contributed by atoms with Crippen molar-refractivity contribution < 1.29 is 19.0 Å². The Morgan fingerprint density at radius 3 is 2.40 bits per heavy atom. The van der Waals surface area contributed by atoms with Crippen LogP contribution in [0.25, 0.3) is 0 Å². The molecule has 1 atom stereocenters. The maximum atomic E-state index is 11.8. The first-order chi connectivity index (χ1) is 14.0. The number of halogens is 1. The normalized spacial score (nSPS) is 15.6. The van der Waals surface area contributed by atoms with Crippen LogP contribution in [-0.4, -0.2) is 69.0 Å². The van der Waals surface area contributed by atoms with Gasteiger partial charge >= 0.3 is 6.09 Å². The SMILES string of the molecule is CCNC(=NCC(C)Oc1ccc(OC)cc1)NC1CCN(C(=O)OCC)CC1.I. The maximum absolute atomic E-state index is 11.8. The molecule has 1 unspecified atom stereocenters. The molecular formula is C21H35IN4O4. The zero-order valence-corrected chi connectivity index (χ0v) is 20.7. The summed E-state index contributed by atoms with van der Waals surface area (Å²) in [5.74, 6) is 2.36. The van der Waals surface area contributed by atoms with E-state index in [1.807, 2.05) is 45.0 Å². The van der Waals surface area contributed by atoms with Crippen LogP contribution in [0.2, 0.25) is 0 Å². The van der Waals surface area contributed by atoms with Crippen molar-refractivity contribution in [3.8, 4) is 11.5 Å². The van der Waals surface area contributed by atoms with Crippen LogP contribution in [-0.2, 0) is 4.74 Å². The average Bonchev–Trinajstić information content (AvgIpc) is 2.73. The number of piperidine rings is 1. The summed E-state index contributed by atoms with van der Waals surface area (Å²) in [7, 11) is 1.64. The molecule has 170 valence electrons. The molecule has 2 rings (SSSR count). The number of hydrogen-bond acceptors (Lipinski definition) is 5. The number of ether oxygens (including phenoxy) is 3. The van der Waals surface area contributed by atoms with Gasteiger partial charge in [-0.3, -0.25) is 0 Å². The molecule has 8 nitrogen and oxygen atoms in total. The third-order valence-corrected chi connectivity index (χ3v) is 4.61. The Labute approximate surface area is 196 Å². The molecule has 0 radical (unpaired) electrons. The molecule has 1 fully saturated rings. The van der Waals surface area contributed by atoms with E-state index in [0.29, 0.717) is 26.2 Å². The summed E-state index contributed by atoms with van der Waals surface area (Å²) < 4.78 is 16.2. The quantitative estimate of drug-likeness (QED) is 0.303. The van der Waals surface area contributed by atoms with Gasteiger partial charge in [0.25, 0.3) is 0 Å². The molecule has 1 saturated heterocycles. The smallest absolute Gasteiger partial charge is 0.409 e. The van der Waals surface area contributed by atoms with E-state index < -0.39 is 0 Å². The molecule has 1 aromatic carbocycles. The van der Waals surface area contributed by atoms with Crippen molar-refractivity contribution in [1.29, 1.82) is 0 Å². The number of nitrogens with zero attached hydrogens (tertiary/aromatic N) is 2. The Morgan fingerprint density at radius 1 is 1.20 bits per heavy atom. The minimum Gasteiger partial charge on any atom is -0.497 e. The first-order valence-electron chi connectivity index (χ1n) is 10.3. The lowest BCUT2D eigenvalue weighted by Crippen LogP contribution is -2.50. The van der Waals surface area contributed by atoms with E-state index in [2.05, 4.69) is 15.6 Å². The van der Waals surface area contributed by atoms with Crippen LogP contribution in [0.15, 0.2) is 29.3 Å². The van der Waals surface area contributed by atoms with Gasteiger partial charge in [-0.1, -0.05) is 0 Å². The highest BCUT2D eigenvalue weighted by molar-refractivity contribution is 14.0. The summed E-state index contributed by atoms with van der Waals surface area (Å²) in [5.41, 5.74) is 0. The third-order valence-electron chi connectivity index (χ3n) is 4.61. The molecular weight excluding hydrogens is 499 g/mol. The van der Waals surface area contributed by atoms with E-state index >= 15 is 0 Å². The van der Waals surface area contributed by atoms with Gasteiger partial charge in [0.2, 0.25) is 0 Å². The molecule has 1 amide bonds. The molecule has 1 heterocycles. The lowest BCUT2D eigenvalue weighted by molar-refractivity contribution is 0.0963. The standard InChI is InChI=1S/C21H34N4O4.HI/c1-5-22-20(24-17-11-13-25(14-12-17)21(26)28-6-2)23-15-16(3)29-19-9-7-18(27-4)8-10-19;/h7-10,16-17H,5-6,11-15H2,1-4H3,(H2,22,23,24);1H. The van der Waals surface area contributed by atoms with Crippen LogP contribution in [0.3, 0.4) is 0 Å². The molecule has 1 aliphatic heterocycles. The second kappa shape index (κ2) is 14.2. The van der Waals surface area contributed by atoms with Gasteiger partial charge in [-0.05, 0) is 57.9 Å². The number of likely N-dealkylation sites (tertiary alicyclic amines) is 1. The van der Waals surface area contributed by atoms with Crippen molar-refractivity contribution in [2.75, 3.05) is 39.9 Å². The number of rotatable bonds is 8. The Hall–Kier alpha value is -1.91. The van der Waals surface area contributed by atoms with Gasteiger partial charge in [-0.25, -0.2) is 9.79 Å². The fourth-order valence-electron chi connectivity index (χ4n) is 3.08. The topological polar surface area (TPSA) is 84.4 Å². The number of amides is 1. The predicted octanol–water partition coefficient (Wildman–Crippen LogP) is 3.26. The number of nitrogens with one attached hydrogen (secondary N) is 2. The van der Waals surface area contributed by atoms with Crippen LogP contribution in [0.5, 0.6) is 11.5 Å². The molecule has 9 heteroatoms. The summed E-state index contributed by atoms with van der Waals surface area (Å²) >= 11 is 0. The fraction of sp³-hybridized carbons (Fsp3) is 0.619. The molecule has 0 bridgehead atoms. The van der Waals surface area contributed by atoms with E-state index in [9.17, 15) is 4.79 Å². The number of methoxy groups -OCH3 is 1. The summed E-state index contributed by atoms with van der Waals surface area (Å²) in [4.78, 5) is 18.2. The van der Waals surface area contributed by atoms with Crippen molar-refractivity contribution in [3.63, 3.8) is 0 Å². The van der Waals surface area contributed by atoms with Gasteiger partial charge in [-0.2, -0.15) is 0 Å². The summed E-state index contributed by atoms with van der Waals surface area (Å²) in [6.45, 7) is 8.95. The van der Waals surface area contributed by atoms with Gasteiger partial charge in [0.15, 0.2) is 5.96 Å². The molecule has 1 aromatic rings. The number of hydrogen-bond donors (Lipinski definition) is 2. The fourth-order valence-corrected chi connectivity index (χ4v) is 3.08. The van der Waals surface area contributed by atoms with E-state index in [1.165, 1.54) is 0 Å². The Morgan fingerprint density at radius 2 is 1.83 bits per heavy atom. The van der Waals surface area contributed by atoms with Crippen molar-refractivity contribution >= 4 is 36.0 Å².